The van der Waals surface area contributed by atoms with Crippen molar-refractivity contribution in [2.45, 2.75) is 69.5 Å². The van der Waals surface area contributed by atoms with E-state index < -0.39 is 35.8 Å². The maximum Gasteiger partial charge on any atom is 0.243 e. The van der Waals surface area contributed by atoms with Gasteiger partial charge in [0.05, 0.1) is 12.0 Å². The number of nitrogens with one attached hydrogen (secondary N) is 6. The van der Waals surface area contributed by atoms with Crippen LogP contribution in [0.4, 0.5) is 0 Å². The Morgan fingerprint density at radius 2 is 1.59 bits per heavy atom. The van der Waals surface area contributed by atoms with Gasteiger partial charge in [0.25, 0.3) is 0 Å². The van der Waals surface area contributed by atoms with Gasteiger partial charge in [0.2, 0.25) is 23.6 Å². The molecule has 0 aliphatic rings. The van der Waals surface area contributed by atoms with E-state index in [0.717, 1.165) is 18.4 Å². The fourth-order valence-electron chi connectivity index (χ4n) is 4.11. The van der Waals surface area contributed by atoms with Crippen molar-refractivity contribution in [2.24, 2.45) is 17.2 Å². The lowest BCUT2D eigenvalue weighted by Crippen LogP contribution is -2.57. The number of carbonyl (C=O) groups is 4. The number of H-pyrrole nitrogens is 1. The van der Waals surface area contributed by atoms with Gasteiger partial charge in [-0.05, 0) is 37.8 Å². The number of rotatable bonds is 19. The summed E-state index contributed by atoms with van der Waals surface area (Å²) in [5, 5.41) is 18.1. The number of hydrogen-bond donors (Lipinski definition) is 9. The molecule has 0 saturated heterocycles. The number of primary amides is 1. The molecule has 224 valence electrons. The maximum atomic E-state index is 13.4. The number of imidazole rings is 1. The number of guanidine groups is 1. The predicted molar refractivity (Wildman–Crippen MR) is 154 cm³/mol. The number of hydrogen-bond acceptors (Lipinski definition) is 7. The summed E-state index contributed by atoms with van der Waals surface area (Å²) in [4.78, 5) is 58.5. The maximum absolute atomic E-state index is 13.4. The first-order valence-electron chi connectivity index (χ1n) is 13.7. The Morgan fingerprint density at radius 1 is 0.878 bits per heavy atom. The van der Waals surface area contributed by atoms with Crippen LogP contribution in [0.3, 0.4) is 0 Å². The second-order valence-corrected chi connectivity index (χ2v) is 9.68. The number of aromatic amines is 1. The number of aromatic nitrogens is 2. The van der Waals surface area contributed by atoms with Crippen molar-refractivity contribution in [2.75, 3.05) is 13.1 Å². The minimum Gasteiger partial charge on any atom is -0.370 e. The Bertz CT molecular complexity index is 1110. The molecule has 0 unspecified atom stereocenters. The zero-order valence-electron chi connectivity index (χ0n) is 23.2. The van der Waals surface area contributed by atoms with E-state index in [0.29, 0.717) is 25.1 Å². The van der Waals surface area contributed by atoms with Gasteiger partial charge in [0.15, 0.2) is 5.96 Å². The Labute approximate surface area is 239 Å². The van der Waals surface area contributed by atoms with Gasteiger partial charge in [-0.2, -0.15) is 0 Å². The minimum atomic E-state index is -1.06. The predicted octanol–water partition coefficient (Wildman–Crippen LogP) is -1.08. The molecule has 0 fully saturated rings. The van der Waals surface area contributed by atoms with Gasteiger partial charge in [-0.3, -0.25) is 24.6 Å². The standard InChI is InChI=1S/C27H42N10O4/c28-12-6-2-5-11-23(38)35-22(15-19-16-32-17-34-19)26(41)36-20(10-7-13-33-27(30)31)25(40)37-21(24(29)39)14-18-8-3-1-4-9-18/h1,3-4,8-9,16-17,20-22H,2,5-7,10-15,28H2,(H2,29,39)(H,32,34)(H,35,38)(H,36,41)(H,37,40)(H4,30,31,33)/t20-,21-,22-/m0/s1. The van der Waals surface area contributed by atoms with Crippen LogP contribution < -0.4 is 38.5 Å². The highest BCUT2D eigenvalue weighted by Crippen LogP contribution is 2.07. The van der Waals surface area contributed by atoms with Crippen molar-refractivity contribution in [1.82, 2.24) is 31.2 Å². The van der Waals surface area contributed by atoms with Gasteiger partial charge in [-0.15, -0.1) is 0 Å². The summed E-state index contributed by atoms with van der Waals surface area (Å²) < 4.78 is 0. The van der Waals surface area contributed by atoms with Crippen molar-refractivity contribution in [3.8, 4) is 0 Å². The quantitative estimate of drug-likeness (QED) is 0.0569. The van der Waals surface area contributed by atoms with Gasteiger partial charge >= 0.3 is 0 Å². The fraction of sp³-hybridized carbons (Fsp3) is 0.481. The Morgan fingerprint density at radius 3 is 2.22 bits per heavy atom. The van der Waals surface area contributed by atoms with Crippen LogP contribution in [0.2, 0.25) is 0 Å². The molecule has 2 aromatic rings. The summed E-state index contributed by atoms with van der Waals surface area (Å²) in [5.74, 6) is -2.43. The molecule has 14 nitrogen and oxygen atoms in total. The summed E-state index contributed by atoms with van der Waals surface area (Å²) in [5.41, 5.74) is 17.8. The van der Waals surface area contributed by atoms with Crippen molar-refractivity contribution in [3.63, 3.8) is 0 Å². The summed E-state index contributed by atoms with van der Waals surface area (Å²) in [6.07, 6.45) is 6.34. The highest BCUT2D eigenvalue weighted by Gasteiger charge is 2.29. The summed E-state index contributed by atoms with van der Waals surface area (Å²) in [6, 6.07) is 6.02. The lowest BCUT2D eigenvalue weighted by molar-refractivity contribution is -0.133. The van der Waals surface area contributed by atoms with Gasteiger partial charge in [0, 0.05) is 32.0 Å². The molecule has 0 radical (unpaired) electrons. The van der Waals surface area contributed by atoms with E-state index in [1.54, 1.807) is 6.20 Å². The number of unbranched alkanes of at least 4 members (excludes halogenated alkanes) is 2. The average Bonchev–Trinajstić information content (AvgIpc) is 3.45. The largest absolute Gasteiger partial charge is 0.370 e. The van der Waals surface area contributed by atoms with E-state index in [1.165, 1.54) is 6.33 Å². The van der Waals surface area contributed by atoms with E-state index >= 15 is 0 Å². The Balaban J connectivity index is 2.15. The van der Waals surface area contributed by atoms with Crippen molar-refractivity contribution in [3.05, 3.63) is 54.1 Å². The van der Waals surface area contributed by atoms with Crippen LogP contribution >= 0.6 is 0 Å². The first-order valence-corrected chi connectivity index (χ1v) is 13.7. The number of benzene rings is 1. The summed E-state index contributed by atoms with van der Waals surface area (Å²) in [6.45, 7) is 0.827. The molecule has 12 N–H and O–H groups in total. The van der Waals surface area contributed by atoms with E-state index in [-0.39, 0.29) is 44.1 Å². The minimum absolute atomic E-state index is 0.0992. The number of amides is 4. The molecule has 0 aliphatic carbocycles. The topological polar surface area (TPSA) is 247 Å². The number of nitrogens with two attached hydrogens (primary N) is 3. The van der Waals surface area contributed by atoms with Crippen LogP contribution in [0.5, 0.6) is 0 Å². The SMILES string of the molecule is N=C(N)NCCC[C@H](NC(=O)[C@H](Cc1c[nH]cn1)NC(=O)CCCCCN)C(=O)N[C@@H](Cc1ccccc1)C(N)=O. The number of carbonyl (C=O) groups excluding carboxylic acids is 4. The number of nitrogens with zero attached hydrogens (tertiary/aromatic N) is 1. The van der Waals surface area contributed by atoms with Crippen LogP contribution in [0.15, 0.2) is 42.9 Å². The third-order valence-corrected chi connectivity index (χ3v) is 6.29. The molecule has 0 aliphatic heterocycles. The normalized spacial score (nSPS) is 12.9. The van der Waals surface area contributed by atoms with Crippen LogP contribution in [-0.4, -0.2) is 70.8 Å². The molecule has 0 spiro atoms. The first kappa shape index (κ1) is 32.8. The molecular weight excluding hydrogens is 528 g/mol. The van der Waals surface area contributed by atoms with Crippen molar-refractivity contribution >= 4 is 29.6 Å². The second-order valence-electron chi connectivity index (χ2n) is 9.68. The molecule has 1 aromatic heterocycles. The van der Waals surface area contributed by atoms with Crippen LogP contribution in [0.25, 0.3) is 0 Å². The van der Waals surface area contributed by atoms with E-state index in [4.69, 9.17) is 22.6 Å². The molecule has 41 heavy (non-hydrogen) atoms. The monoisotopic (exact) mass is 570 g/mol. The average molecular weight is 571 g/mol. The Hall–Kier alpha value is -4.46. The smallest absolute Gasteiger partial charge is 0.243 e. The van der Waals surface area contributed by atoms with E-state index in [9.17, 15) is 19.2 Å². The highest BCUT2D eigenvalue weighted by molar-refractivity contribution is 5.94. The van der Waals surface area contributed by atoms with Crippen molar-refractivity contribution < 1.29 is 19.2 Å². The van der Waals surface area contributed by atoms with Gasteiger partial charge < -0.3 is 43.5 Å². The molecule has 0 bridgehead atoms. The van der Waals surface area contributed by atoms with Crippen LogP contribution in [0, 0.1) is 5.41 Å². The highest BCUT2D eigenvalue weighted by atomic mass is 16.2. The van der Waals surface area contributed by atoms with Gasteiger partial charge in [-0.25, -0.2) is 4.98 Å². The van der Waals surface area contributed by atoms with E-state index in [1.807, 2.05) is 30.3 Å². The lowest BCUT2D eigenvalue weighted by Gasteiger charge is -2.25. The van der Waals surface area contributed by atoms with Crippen LogP contribution in [-0.2, 0) is 32.0 Å². The molecule has 4 amide bonds. The second kappa shape index (κ2) is 18.0. The molecule has 14 heteroatoms. The molecule has 1 heterocycles. The van der Waals surface area contributed by atoms with Crippen LogP contribution in [0.1, 0.15) is 49.8 Å². The molecule has 1 aromatic carbocycles. The van der Waals surface area contributed by atoms with Gasteiger partial charge in [-0.1, -0.05) is 36.8 Å². The lowest BCUT2D eigenvalue weighted by atomic mass is 10.0. The zero-order chi connectivity index (χ0) is 30.0. The molecule has 3 atom stereocenters. The summed E-state index contributed by atoms with van der Waals surface area (Å²) in [7, 11) is 0. The first-order chi connectivity index (χ1) is 19.7. The van der Waals surface area contributed by atoms with Crippen molar-refractivity contribution in [1.29, 1.82) is 5.41 Å². The summed E-state index contributed by atoms with van der Waals surface area (Å²) >= 11 is 0. The fourth-order valence-corrected chi connectivity index (χ4v) is 4.11. The Kier molecular flexibility index (Phi) is 14.4. The van der Waals surface area contributed by atoms with E-state index in [2.05, 4.69) is 31.2 Å². The molecular formula is C27H42N10O4. The third-order valence-electron chi connectivity index (χ3n) is 6.29. The van der Waals surface area contributed by atoms with Gasteiger partial charge in [0.1, 0.15) is 18.1 Å². The third kappa shape index (κ3) is 13.0. The molecule has 0 saturated carbocycles. The zero-order valence-corrected chi connectivity index (χ0v) is 23.2. The molecule has 2 rings (SSSR count).